The molecule has 0 aliphatic rings. The Kier molecular flexibility index (Phi) is 7.97. The normalized spacial score (nSPS) is 12.0. The van der Waals surface area contributed by atoms with Crippen LogP contribution in [0, 0.1) is 23.0 Å². The summed E-state index contributed by atoms with van der Waals surface area (Å²) in [7, 11) is 0. The molecule has 0 aliphatic carbocycles. The van der Waals surface area contributed by atoms with E-state index < -0.39 is 35.4 Å². The van der Waals surface area contributed by atoms with E-state index in [2.05, 4.69) is 0 Å². The van der Waals surface area contributed by atoms with E-state index in [9.17, 15) is 19.4 Å². The van der Waals surface area contributed by atoms with Crippen LogP contribution in [0.25, 0.3) is 28.3 Å². The highest BCUT2D eigenvalue weighted by Crippen LogP contribution is 2.37. The van der Waals surface area contributed by atoms with Gasteiger partial charge in [-0.25, -0.2) is 13.6 Å². The van der Waals surface area contributed by atoms with E-state index in [0.29, 0.717) is 27.8 Å². The maximum absolute atomic E-state index is 15.5. The maximum atomic E-state index is 15.5. The Morgan fingerprint density at radius 3 is 2.24 bits per heavy atom. The number of carbonyl (C=O) groups is 1. The van der Waals surface area contributed by atoms with Crippen molar-refractivity contribution in [1.82, 2.24) is 0 Å². The lowest BCUT2D eigenvalue weighted by Crippen LogP contribution is -2.23. The average Bonchev–Trinajstić information content (AvgIpc) is 2.81. The zero-order valence-electron chi connectivity index (χ0n) is 21.4. The van der Waals surface area contributed by atoms with E-state index >= 15 is 4.39 Å². The molecule has 5 nitrogen and oxygen atoms in total. The van der Waals surface area contributed by atoms with E-state index in [-0.39, 0.29) is 16.7 Å². The number of hydrogen-bond acceptors (Lipinski definition) is 5. The lowest BCUT2D eigenvalue weighted by molar-refractivity contribution is 0.00695. The van der Waals surface area contributed by atoms with Crippen molar-refractivity contribution in [3.8, 4) is 28.3 Å². The quantitative estimate of drug-likeness (QED) is 0.378. The van der Waals surface area contributed by atoms with Crippen molar-refractivity contribution in [3.05, 3.63) is 88.5 Å². The van der Waals surface area contributed by atoms with Crippen LogP contribution in [-0.4, -0.2) is 27.4 Å². The van der Waals surface area contributed by atoms with Crippen molar-refractivity contribution in [2.24, 2.45) is 0 Å². The van der Waals surface area contributed by atoms with Crippen molar-refractivity contribution >= 4 is 12.0 Å². The fourth-order valence-corrected chi connectivity index (χ4v) is 3.68. The first-order valence-electron chi connectivity index (χ1n) is 11.6. The number of benzene rings is 3. The molecule has 0 heterocycles. The van der Waals surface area contributed by atoms with Crippen molar-refractivity contribution < 1.29 is 28.5 Å². The number of nitriles is 1. The molecule has 0 fully saturated rings. The predicted molar refractivity (Wildman–Crippen MR) is 138 cm³/mol. The van der Waals surface area contributed by atoms with Crippen LogP contribution in [0.1, 0.15) is 61.7 Å². The third-order valence-electron chi connectivity index (χ3n) is 5.41. The molecule has 0 saturated heterocycles. The number of carbonyl (C=O) groups excluding carboxylic acids is 1. The molecule has 7 heteroatoms. The minimum absolute atomic E-state index is 0.125. The number of ether oxygens (including phenoxy) is 1. The van der Waals surface area contributed by atoms with Crippen LogP contribution in [0.5, 0.6) is 0 Å². The molecular formula is C30H29F2NO4. The number of halogens is 2. The van der Waals surface area contributed by atoms with Crippen LogP contribution >= 0.6 is 0 Å². The second kappa shape index (κ2) is 10.6. The van der Waals surface area contributed by atoms with Gasteiger partial charge in [-0.05, 0) is 98.8 Å². The average molecular weight is 506 g/mol. The van der Waals surface area contributed by atoms with Crippen LogP contribution in [0.3, 0.4) is 0 Å². The fraction of sp³-hybridized carbons (Fsp3) is 0.267. The molecule has 192 valence electrons. The standard InChI is InChI=1S/C30H29F2NO4/c1-29(2,3)37-28(35)20-8-9-23(24(12-20)19-6-7-21(16-33)26(31)15-19)25-13-22(17-34)18(14-27(25)32)10-11-30(4,5)36/h6-15,34,36H,17H2,1-5H3/b11-10+. The Bertz CT molecular complexity index is 1410. The molecule has 0 atom stereocenters. The van der Waals surface area contributed by atoms with Gasteiger partial charge >= 0.3 is 5.97 Å². The van der Waals surface area contributed by atoms with Gasteiger partial charge in [-0.1, -0.05) is 24.3 Å². The SMILES string of the molecule is CC(C)(O)/C=C/c1cc(F)c(-c2ccc(C(=O)OC(C)(C)C)cc2-c2ccc(C#N)c(F)c2)cc1CO. The molecule has 0 bridgehead atoms. The minimum Gasteiger partial charge on any atom is -0.456 e. The first-order chi connectivity index (χ1) is 17.2. The van der Waals surface area contributed by atoms with Gasteiger partial charge in [0, 0.05) is 5.56 Å². The highest BCUT2D eigenvalue weighted by molar-refractivity contribution is 5.95. The summed E-state index contributed by atoms with van der Waals surface area (Å²) in [6.45, 7) is 7.95. The zero-order chi connectivity index (χ0) is 27.5. The molecule has 3 aromatic carbocycles. The first-order valence-corrected chi connectivity index (χ1v) is 11.6. The van der Waals surface area contributed by atoms with E-state index in [4.69, 9.17) is 10.00 Å². The summed E-state index contributed by atoms with van der Waals surface area (Å²) in [5.74, 6) is -1.97. The highest BCUT2D eigenvalue weighted by atomic mass is 19.1. The van der Waals surface area contributed by atoms with E-state index in [1.165, 1.54) is 54.6 Å². The van der Waals surface area contributed by atoms with Crippen LogP contribution in [0.15, 0.2) is 54.6 Å². The summed E-state index contributed by atoms with van der Waals surface area (Å²) in [5.41, 5.74) is 0.101. The number of esters is 1. The van der Waals surface area contributed by atoms with Gasteiger partial charge in [0.05, 0.1) is 23.3 Å². The van der Waals surface area contributed by atoms with Gasteiger partial charge in [-0.2, -0.15) is 5.26 Å². The second-order valence-electron chi connectivity index (χ2n) is 10.2. The molecule has 3 rings (SSSR count). The van der Waals surface area contributed by atoms with E-state index in [1.807, 2.05) is 0 Å². The van der Waals surface area contributed by atoms with E-state index in [0.717, 1.165) is 6.07 Å². The predicted octanol–water partition coefficient (Wildman–Crippen LogP) is 6.40. The fourth-order valence-electron chi connectivity index (χ4n) is 3.68. The number of nitrogens with zero attached hydrogens (tertiary/aromatic N) is 1. The van der Waals surface area contributed by atoms with E-state index in [1.54, 1.807) is 40.7 Å². The summed E-state index contributed by atoms with van der Waals surface area (Å²) < 4.78 is 35.5. The third-order valence-corrected chi connectivity index (χ3v) is 5.41. The van der Waals surface area contributed by atoms with Crippen molar-refractivity contribution in [3.63, 3.8) is 0 Å². The third kappa shape index (κ3) is 6.88. The molecule has 0 aromatic heterocycles. The molecule has 37 heavy (non-hydrogen) atoms. The number of aliphatic hydroxyl groups excluding tert-OH is 1. The lowest BCUT2D eigenvalue weighted by atomic mass is 9.90. The Morgan fingerprint density at radius 2 is 1.68 bits per heavy atom. The second-order valence-corrected chi connectivity index (χ2v) is 10.2. The smallest absolute Gasteiger partial charge is 0.338 e. The molecule has 0 unspecified atom stereocenters. The van der Waals surface area contributed by atoms with Crippen molar-refractivity contribution in [2.75, 3.05) is 0 Å². The topological polar surface area (TPSA) is 90.5 Å². The van der Waals surface area contributed by atoms with Crippen molar-refractivity contribution in [2.45, 2.75) is 52.4 Å². The van der Waals surface area contributed by atoms with Crippen molar-refractivity contribution in [1.29, 1.82) is 5.26 Å². The molecule has 0 aliphatic heterocycles. The maximum Gasteiger partial charge on any atom is 0.338 e. The first kappa shape index (κ1) is 27.7. The summed E-state index contributed by atoms with van der Waals surface area (Å²) in [6, 6.07) is 13.0. The Labute approximate surface area is 215 Å². The molecule has 0 amide bonds. The summed E-state index contributed by atoms with van der Waals surface area (Å²) in [4.78, 5) is 12.7. The van der Waals surface area contributed by atoms with Crippen LogP contribution in [0.2, 0.25) is 0 Å². The molecule has 0 spiro atoms. The number of rotatable bonds is 6. The molecule has 2 N–H and O–H groups in total. The van der Waals surface area contributed by atoms with Crippen LogP contribution in [0.4, 0.5) is 8.78 Å². The lowest BCUT2D eigenvalue weighted by Gasteiger charge is -2.20. The van der Waals surface area contributed by atoms with Gasteiger partial charge in [-0.3, -0.25) is 0 Å². The Morgan fingerprint density at radius 1 is 0.973 bits per heavy atom. The minimum atomic E-state index is -1.13. The molecular weight excluding hydrogens is 476 g/mol. The zero-order valence-corrected chi connectivity index (χ0v) is 21.4. The number of hydrogen-bond donors (Lipinski definition) is 2. The largest absolute Gasteiger partial charge is 0.456 e. The highest BCUT2D eigenvalue weighted by Gasteiger charge is 2.21. The summed E-state index contributed by atoms with van der Waals surface area (Å²) >= 11 is 0. The Balaban J connectivity index is 2.24. The van der Waals surface area contributed by atoms with Gasteiger partial charge in [0.1, 0.15) is 23.3 Å². The molecule has 3 aromatic rings. The van der Waals surface area contributed by atoms with Crippen LogP contribution < -0.4 is 0 Å². The summed E-state index contributed by atoms with van der Waals surface area (Å²) in [6.07, 6.45) is 3.02. The number of aliphatic hydroxyl groups is 2. The van der Waals surface area contributed by atoms with Gasteiger partial charge < -0.3 is 14.9 Å². The van der Waals surface area contributed by atoms with Gasteiger partial charge in [0.2, 0.25) is 0 Å². The van der Waals surface area contributed by atoms with Crippen LogP contribution in [-0.2, 0) is 11.3 Å². The summed E-state index contributed by atoms with van der Waals surface area (Å²) in [5, 5.41) is 29.0. The molecule has 0 saturated carbocycles. The molecule has 0 radical (unpaired) electrons. The van der Waals surface area contributed by atoms with Gasteiger partial charge in [-0.15, -0.1) is 0 Å². The Hall–Kier alpha value is -3.86. The van der Waals surface area contributed by atoms with Gasteiger partial charge in [0.25, 0.3) is 0 Å². The monoisotopic (exact) mass is 505 g/mol. The van der Waals surface area contributed by atoms with Gasteiger partial charge in [0.15, 0.2) is 0 Å².